The van der Waals surface area contributed by atoms with Crippen LogP contribution >= 0.6 is 23.6 Å². The van der Waals surface area contributed by atoms with E-state index in [0.717, 1.165) is 4.83 Å². The van der Waals surface area contributed by atoms with Crippen LogP contribution in [0.4, 0.5) is 0 Å². The molecule has 1 amide bonds. The lowest BCUT2D eigenvalue weighted by molar-refractivity contribution is -0.132. The average Bonchev–Trinajstić information content (AvgIpc) is 2.84. The second-order valence-corrected chi connectivity index (χ2v) is 5.60. The molecule has 0 radical (unpaired) electrons. The van der Waals surface area contributed by atoms with Crippen molar-refractivity contribution in [3.63, 3.8) is 0 Å². The number of carbonyl (C=O) groups is 1. The molecule has 0 bridgehead atoms. The number of hydrogen-bond donors (Lipinski definition) is 1. The highest BCUT2D eigenvalue weighted by molar-refractivity contribution is 7.71. The molecule has 102 valence electrons. The first-order chi connectivity index (χ1) is 8.97. The monoisotopic (exact) mass is 297 g/mol. The van der Waals surface area contributed by atoms with Crippen LogP contribution in [0.2, 0.25) is 0 Å². The van der Waals surface area contributed by atoms with Crippen molar-refractivity contribution in [2.75, 3.05) is 13.6 Å². The first-order valence-electron chi connectivity index (χ1n) is 5.94. The van der Waals surface area contributed by atoms with Crippen molar-refractivity contribution >= 4 is 39.7 Å². The lowest BCUT2D eigenvalue weighted by Gasteiger charge is -2.21. The molecular formula is C12H15N3O2S2. The number of hydrogen-bond acceptors (Lipinski definition) is 4. The molecule has 0 aliphatic heterocycles. The molecule has 1 atom stereocenters. The van der Waals surface area contributed by atoms with Gasteiger partial charge in [-0.3, -0.25) is 14.2 Å². The second-order valence-electron chi connectivity index (χ2n) is 4.30. The Morgan fingerprint density at radius 3 is 2.95 bits per heavy atom. The molecule has 0 fully saturated rings. The van der Waals surface area contributed by atoms with Gasteiger partial charge in [-0.25, -0.2) is 0 Å². The van der Waals surface area contributed by atoms with E-state index in [1.807, 2.05) is 12.3 Å². The number of H-pyrrole nitrogens is 1. The van der Waals surface area contributed by atoms with Gasteiger partial charge in [-0.05, 0) is 37.5 Å². The molecule has 0 aromatic carbocycles. The van der Waals surface area contributed by atoms with Gasteiger partial charge in [0, 0.05) is 13.6 Å². The predicted molar refractivity (Wildman–Crippen MR) is 79.3 cm³/mol. The van der Waals surface area contributed by atoms with Gasteiger partial charge in [0.15, 0.2) is 4.77 Å². The lowest BCUT2D eigenvalue weighted by atomic mass is 10.2. The Balaban J connectivity index is 2.59. The Labute approximate surface area is 119 Å². The SMILES string of the molecule is CCN(C)C(=O)C(C)n1c(=S)[nH]c2sccc2c1=O. The van der Waals surface area contributed by atoms with E-state index < -0.39 is 6.04 Å². The number of fused-ring (bicyclic) bond motifs is 1. The zero-order valence-electron chi connectivity index (χ0n) is 11.0. The molecule has 2 aromatic rings. The normalized spacial score (nSPS) is 12.6. The van der Waals surface area contributed by atoms with Crippen molar-refractivity contribution in [3.8, 4) is 0 Å². The maximum Gasteiger partial charge on any atom is 0.263 e. The summed E-state index contributed by atoms with van der Waals surface area (Å²) in [5.41, 5.74) is -0.217. The van der Waals surface area contributed by atoms with Crippen LogP contribution in [0.5, 0.6) is 0 Å². The van der Waals surface area contributed by atoms with Gasteiger partial charge in [0.2, 0.25) is 5.91 Å². The van der Waals surface area contributed by atoms with Crippen LogP contribution in [0.3, 0.4) is 0 Å². The van der Waals surface area contributed by atoms with E-state index in [9.17, 15) is 9.59 Å². The number of likely N-dealkylation sites (N-methyl/N-ethyl adjacent to an activating group) is 1. The molecule has 2 rings (SSSR count). The van der Waals surface area contributed by atoms with Crippen molar-refractivity contribution in [3.05, 3.63) is 26.6 Å². The maximum absolute atomic E-state index is 12.4. The number of thiophene rings is 1. The van der Waals surface area contributed by atoms with Crippen molar-refractivity contribution in [2.45, 2.75) is 19.9 Å². The summed E-state index contributed by atoms with van der Waals surface area (Å²) >= 11 is 6.62. The fourth-order valence-electron chi connectivity index (χ4n) is 1.89. The molecule has 1 N–H and O–H groups in total. The number of carbonyl (C=O) groups excluding carboxylic acids is 1. The highest BCUT2D eigenvalue weighted by atomic mass is 32.1. The highest BCUT2D eigenvalue weighted by Crippen LogP contribution is 2.16. The third kappa shape index (κ3) is 2.35. The minimum Gasteiger partial charge on any atom is -0.344 e. The van der Waals surface area contributed by atoms with Crippen LogP contribution < -0.4 is 5.56 Å². The smallest absolute Gasteiger partial charge is 0.263 e. The van der Waals surface area contributed by atoms with Gasteiger partial charge in [-0.1, -0.05) is 0 Å². The molecule has 0 spiro atoms. The van der Waals surface area contributed by atoms with E-state index in [1.54, 1.807) is 24.9 Å². The summed E-state index contributed by atoms with van der Waals surface area (Å²) < 4.78 is 1.63. The van der Waals surface area contributed by atoms with Crippen molar-refractivity contribution in [2.24, 2.45) is 0 Å². The summed E-state index contributed by atoms with van der Waals surface area (Å²) in [7, 11) is 1.71. The first-order valence-corrected chi connectivity index (χ1v) is 7.23. The molecule has 2 heterocycles. The Hall–Kier alpha value is -1.47. The van der Waals surface area contributed by atoms with Gasteiger partial charge < -0.3 is 9.88 Å². The molecule has 0 aliphatic carbocycles. The van der Waals surface area contributed by atoms with Crippen molar-refractivity contribution in [1.29, 1.82) is 0 Å². The van der Waals surface area contributed by atoms with Crippen LogP contribution in [-0.2, 0) is 4.79 Å². The van der Waals surface area contributed by atoms with Crippen LogP contribution in [0.1, 0.15) is 19.9 Å². The third-order valence-electron chi connectivity index (χ3n) is 3.15. The Bertz CT molecular complexity index is 728. The fraction of sp³-hybridized carbons (Fsp3) is 0.417. The lowest BCUT2D eigenvalue weighted by Crippen LogP contribution is -2.37. The number of nitrogens with one attached hydrogen (secondary N) is 1. The summed E-state index contributed by atoms with van der Waals surface area (Å²) in [5, 5.41) is 2.39. The van der Waals surface area contributed by atoms with E-state index >= 15 is 0 Å². The highest BCUT2D eigenvalue weighted by Gasteiger charge is 2.21. The van der Waals surface area contributed by atoms with Crippen LogP contribution in [-0.4, -0.2) is 34.0 Å². The van der Waals surface area contributed by atoms with E-state index in [1.165, 1.54) is 15.9 Å². The summed E-state index contributed by atoms with van der Waals surface area (Å²) in [6.45, 7) is 4.17. The third-order valence-corrected chi connectivity index (χ3v) is 4.28. The number of rotatable bonds is 3. The second kappa shape index (κ2) is 5.26. The quantitative estimate of drug-likeness (QED) is 0.883. The summed E-state index contributed by atoms with van der Waals surface area (Å²) in [4.78, 5) is 29.9. The van der Waals surface area contributed by atoms with Gasteiger partial charge in [0.05, 0.1) is 5.39 Å². The van der Waals surface area contributed by atoms with Crippen molar-refractivity contribution < 1.29 is 4.79 Å². The van der Waals surface area contributed by atoms with Crippen molar-refractivity contribution in [1.82, 2.24) is 14.5 Å². The van der Waals surface area contributed by atoms with Gasteiger partial charge in [0.1, 0.15) is 10.9 Å². The molecule has 5 nitrogen and oxygen atoms in total. The molecule has 0 aliphatic rings. The summed E-state index contributed by atoms with van der Waals surface area (Å²) in [6.07, 6.45) is 0. The number of amides is 1. The van der Waals surface area contributed by atoms with Gasteiger partial charge in [-0.2, -0.15) is 0 Å². The molecule has 2 aromatic heterocycles. The van der Waals surface area contributed by atoms with E-state index in [4.69, 9.17) is 12.2 Å². The predicted octanol–water partition coefficient (Wildman–Crippen LogP) is 2.16. The van der Waals surface area contributed by atoms with Crippen LogP contribution in [0, 0.1) is 4.77 Å². The van der Waals surface area contributed by atoms with Gasteiger partial charge in [0.25, 0.3) is 5.56 Å². The molecule has 1 unspecified atom stereocenters. The minimum absolute atomic E-state index is 0.126. The largest absolute Gasteiger partial charge is 0.344 e. The fourth-order valence-corrected chi connectivity index (χ4v) is 3.08. The van der Waals surface area contributed by atoms with Gasteiger partial charge in [-0.15, -0.1) is 11.3 Å². The summed E-state index contributed by atoms with van der Waals surface area (Å²) in [5.74, 6) is -0.126. The number of nitrogens with zero attached hydrogens (tertiary/aromatic N) is 2. The maximum atomic E-state index is 12.4. The number of aromatic nitrogens is 2. The number of aromatic amines is 1. The molecular weight excluding hydrogens is 282 g/mol. The Morgan fingerprint density at radius 1 is 1.63 bits per heavy atom. The zero-order chi connectivity index (χ0) is 14.2. The van der Waals surface area contributed by atoms with Crippen LogP contribution in [0.15, 0.2) is 16.2 Å². The van der Waals surface area contributed by atoms with E-state index in [2.05, 4.69) is 4.98 Å². The minimum atomic E-state index is -0.606. The Kier molecular flexibility index (Phi) is 3.86. The topological polar surface area (TPSA) is 58.1 Å². The molecule has 19 heavy (non-hydrogen) atoms. The summed E-state index contributed by atoms with van der Waals surface area (Å²) in [6, 6.07) is 1.13. The first kappa shape index (κ1) is 14.0. The zero-order valence-corrected chi connectivity index (χ0v) is 12.6. The van der Waals surface area contributed by atoms with E-state index in [0.29, 0.717) is 11.9 Å². The van der Waals surface area contributed by atoms with E-state index in [-0.39, 0.29) is 16.2 Å². The molecule has 0 saturated carbocycles. The van der Waals surface area contributed by atoms with Crippen LogP contribution in [0.25, 0.3) is 10.2 Å². The standard InChI is InChI=1S/C12H15N3O2S2/c1-4-14(3)10(16)7(2)15-11(17)8-5-6-19-9(8)13-12(15)18/h5-7H,4H2,1-3H3,(H,13,18). The average molecular weight is 297 g/mol. The molecule has 0 saturated heterocycles. The Morgan fingerprint density at radius 2 is 2.32 bits per heavy atom. The molecule has 7 heteroatoms. The van der Waals surface area contributed by atoms with Gasteiger partial charge >= 0.3 is 0 Å².